The van der Waals surface area contributed by atoms with Crippen molar-refractivity contribution < 1.29 is 43.1 Å². The molecule has 10 rings (SSSR count). The number of nitrogens with two attached hydrogens (primary N) is 2. The fourth-order valence-corrected chi connectivity index (χ4v) is 12.5. The largest absolute Gasteiger partial charge is 0.386 e. The van der Waals surface area contributed by atoms with Gasteiger partial charge in [-0.15, -0.1) is 0 Å². The van der Waals surface area contributed by atoms with Crippen molar-refractivity contribution >= 4 is 47.3 Å². The number of esters is 2. The van der Waals surface area contributed by atoms with Crippen LogP contribution in [0.2, 0.25) is 0 Å². The molecule has 0 unspecified atom stereocenters. The number of amides is 5. The van der Waals surface area contributed by atoms with E-state index in [2.05, 4.69) is 132 Å². The van der Waals surface area contributed by atoms with E-state index in [1.807, 2.05) is 67.7 Å². The molecule has 0 aromatic heterocycles. The SMILES string of the molecule is CC(C)=CCCC1=CCC2=C(C1)C(=O)N(Cc1ccc(CN3C(=O)C4=C(CC(CCC=C(C)C)=CC4)C3=O)cc1)C2=O.CC(C)=CCCC1=CCC2=C(C1)C(=O)OC2=O.CNCc1cccc(CNC(=O)C2=C(C(C)=O)CC(CCC=C(C)C)=CC2)c1.NCc1cccc(CN)c1. The fraction of sp³-hybridized carbons (Fsp3) is 0.390. The summed E-state index contributed by atoms with van der Waals surface area (Å²) in [4.78, 5) is 103. The lowest BCUT2D eigenvalue weighted by Gasteiger charge is -2.19. The summed E-state index contributed by atoms with van der Waals surface area (Å²) in [5.74, 6) is -1.81. The number of hydrogen-bond acceptors (Lipinski definition) is 12. The van der Waals surface area contributed by atoms with E-state index in [-0.39, 0.29) is 48.4 Å². The zero-order valence-electron chi connectivity index (χ0n) is 58.8. The Morgan fingerprint density at radius 1 is 0.433 bits per heavy atom. The van der Waals surface area contributed by atoms with Gasteiger partial charge in [0.25, 0.3) is 23.6 Å². The van der Waals surface area contributed by atoms with Crippen molar-refractivity contribution in [3.63, 3.8) is 0 Å². The highest BCUT2D eigenvalue weighted by molar-refractivity contribution is 6.20. The molecule has 4 aliphatic carbocycles. The topological polar surface area (TPSA) is 228 Å². The average Bonchev–Trinajstić information content (AvgIpc) is 1.65. The maximum atomic E-state index is 13.2. The van der Waals surface area contributed by atoms with E-state index in [0.29, 0.717) is 116 Å². The molecule has 3 aromatic carbocycles. The molecule has 0 fully saturated rings. The van der Waals surface area contributed by atoms with Gasteiger partial charge in [-0.3, -0.25) is 38.6 Å². The Labute approximate surface area is 574 Å². The molecule has 3 aromatic rings. The third-order valence-corrected chi connectivity index (χ3v) is 17.9. The summed E-state index contributed by atoms with van der Waals surface area (Å²) >= 11 is 0. The van der Waals surface area contributed by atoms with E-state index < -0.39 is 11.9 Å². The Morgan fingerprint density at radius 2 is 0.794 bits per heavy atom. The summed E-state index contributed by atoms with van der Waals surface area (Å²) in [6, 6.07) is 23.6. The monoisotopic (exact) mass is 1310 g/mol. The highest BCUT2D eigenvalue weighted by atomic mass is 16.6. The minimum absolute atomic E-state index is 0.00557. The molecule has 5 amide bonds. The molecule has 15 nitrogen and oxygen atoms in total. The Bertz CT molecular complexity index is 3770. The number of ether oxygens (including phenoxy) is 1. The summed E-state index contributed by atoms with van der Waals surface area (Å²) in [6.45, 7) is 21.0. The van der Waals surface area contributed by atoms with Crippen LogP contribution in [0.1, 0.15) is 198 Å². The second-order valence-electron chi connectivity index (χ2n) is 26.8. The minimum Gasteiger partial charge on any atom is -0.386 e. The van der Waals surface area contributed by atoms with Crippen molar-refractivity contribution in [1.29, 1.82) is 0 Å². The highest BCUT2D eigenvalue weighted by Gasteiger charge is 2.41. The van der Waals surface area contributed by atoms with Crippen LogP contribution in [0.25, 0.3) is 0 Å². The first-order chi connectivity index (χ1) is 46.5. The number of hydrogen-bond donors (Lipinski definition) is 4. The van der Waals surface area contributed by atoms with Crippen molar-refractivity contribution in [2.45, 2.75) is 204 Å². The number of rotatable bonds is 24. The lowest BCUT2D eigenvalue weighted by atomic mass is 9.87. The van der Waals surface area contributed by atoms with Crippen LogP contribution in [0.15, 0.2) is 211 Å². The second kappa shape index (κ2) is 36.9. The first-order valence-corrected chi connectivity index (χ1v) is 34.2. The summed E-state index contributed by atoms with van der Waals surface area (Å²) in [5, 5.41) is 6.12. The van der Waals surface area contributed by atoms with Crippen LogP contribution in [0.5, 0.6) is 0 Å². The zero-order valence-corrected chi connectivity index (χ0v) is 58.8. The summed E-state index contributed by atoms with van der Waals surface area (Å²) in [7, 11) is 1.91. The van der Waals surface area contributed by atoms with Crippen molar-refractivity contribution in [1.82, 2.24) is 20.4 Å². The van der Waals surface area contributed by atoms with Crippen LogP contribution in [0.4, 0.5) is 0 Å². The number of ketones is 1. The molecule has 3 heterocycles. The van der Waals surface area contributed by atoms with Gasteiger partial charge in [0.05, 0.1) is 24.2 Å². The molecule has 0 radical (unpaired) electrons. The number of carbonyl (C=O) groups is 8. The second-order valence-corrected chi connectivity index (χ2v) is 26.8. The molecule has 0 saturated heterocycles. The van der Waals surface area contributed by atoms with Crippen molar-refractivity contribution in [3.8, 4) is 0 Å². The smallest absolute Gasteiger partial charge is 0.342 e. The predicted octanol–water partition coefficient (Wildman–Crippen LogP) is 14.8. The Hall–Kier alpha value is -9.02. The maximum absolute atomic E-state index is 13.2. The molecule has 3 aliphatic heterocycles. The molecule has 15 heteroatoms. The van der Waals surface area contributed by atoms with Gasteiger partial charge in [0.1, 0.15) is 0 Å². The van der Waals surface area contributed by atoms with Gasteiger partial charge in [0, 0.05) is 66.0 Å². The van der Waals surface area contributed by atoms with Crippen LogP contribution in [-0.2, 0) is 82.4 Å². The Morgan fingerprint density at radius 3 is 1.21 bits per heavy atom. The van der Waals surface area contributed by atoms with Gasteiger partial charge in [-0.1, -0.05) is 166 Å². The zero-order chi connectivity index (χ0) is 70.3. The van der Waals surface area contributed by atoms with Gasteiger partial charge in [-0.05, 0) is 199 Å². The van der Waals surface area contributed by atoms with E-state index in [9.17, 15) is 38.4 Å². The number of benzene rings is 3. The standard InChI is InChI=1S/C36H40N2O4.C24H32N2O2.C14H16O3.C8H12N2/c1-23(2)7-5-9-25-15-17-29-31(19-25)35(41)37(33(29)39)21-27-11-13-28(14-12-27)22-38-34(40)30-18-16-26(10-6-8-24(3)4)20-32(30)36(38)42;1-17(2)7-5-8-19-11-12-22(23(14-19)18(3)27)24(28)26-16-21-10-6-9-20(13-21)15-25-4;1-9(2)4-3-5-10-6-7-11-12(8-10)14(16)17-13(11)15;9-5-7-2-1-3-8(4-7)6-10/h7-8,11-16H,5-6,9-10,17-22H2,1-4H3;6-7,9-11,13,25H,5,8,12,14-16H2,1-4H3,(H,26,28);4,6H,3,5,7-8H2,1-2H3;1-4H,5-6,9-10H2. The number of nitrogens with one attached hydrogen (secondary N) is 2. The summed E-state index contributed by atoms with van der Waals surface area (Å²) < 4.78 is 4.60. The third kappa shape index (κ3) is 22.0. The molecule has 0 spiro atoms. The maximum Gasteiger partial charge on any atom is 0.342 e. The number of nitrogens with zero attached hydrogens (tertiary/aromatic N) is 2. The molecule has 0 atom stereocenters. The molecule has 7 aliphatic rings. The first-order valence-electron chi connectivity index (χ1n) is 34.2. The van der Waals surface area contributed by atoms with Crippen molar-refractivity contribution in [2.24, 2.45) is 11.5 Å². The van der Waals surface area contributed by atoms with Gasteiger partial charge >= 0.3 is 11.9 Å². The number of allylic oxidation sites excluding steroid dienone is 17. The van der Waals surface area contributed by atoms with E-state index in [4.69, 9.17) is 11.5 Å². The van der Waals surface area contributed by atoms with E-state index in [1.54, 1.807) is 6.92 Å². The first kappa shape index (κ1) is 75.4. The van der Waals surface area contributed by atoms with Gasteiger partial charge in [0.2, 0.25) is 5.91 Å². The van der Waals surface area contributed by atoms with Crippen molar-refractivity contribution in [3.05, 3.63) is 244 Å². The van der Waals surface area contributed by atoms with Crippen LogP contribution in [0.3, 0.4) is 0 Å². The van der Waals surface area contributed by atoms with Crippen LogP contribution in [-0.4, -0.2) is 64.1 Å². The van der Waals surface area contributed by atoms with E-state index >= 15 is 0 Å². The molecule has 0 saturated carbocycles. The number of imide groups is 2. The molecular formula is C82H100N6O9. The quantitative estimate of drug-likeness (QED) is 0.0284. The van der Waals surface area contributed by atoms with Gasteiger partial charge < -0.3 is 26.8 Å². The van der Waals surface area contributed by atoms with Crippen LogP contribution >= 0.6 is 0 Å². The van der Waals surface area contributed by atoms with Crippen molar-refractivity contribution in [2.75, 3.05) is 7.05 Å². The Balaban J connectivity index is 0.000000206. The minimum atomic E-state index is -0.454. The van der Waals surface area contributed by atoms with Gasteiger partial charge in [0.15, 0.2) is 5.78 Å². The lowest BCUT2D eigenvalue weighted by Crippen LogP contribution is -2.31. The van der Waals surface area contributed by atoms with E-state index in [1.165, 1.54) is 59.9 Å². The lowest BCUT2D eigenvalue weighted by molar-refractivity contribution is -0.151. The summed E-state index contributed by atoms with van der Waals surface area (Å²) in [5.41, 5.74) is 32.1. The Kier molecular flexibility index (Phi) is 28.7. The molecule has 6 N–H and O–H groups in total. The normalized spacial score (nSPS) is 16.2. The number of carbonyl (C=O) groups excluding carboxylic acids is 8. The molecular weight excluding hydrogens is 1210 g/mol. The molecule has 97 heavy (non-hydrogen) atoms. The van der Waals surface area contributed by atoms with Gasteiger partial charge in [-0.25, -0.2) is 9.59 Å². The predicted molar refractivity (Wildman–Crippen MR) is 385 cm³/mol. The number of cyclic esters (lactones) is 2. The number of Topliss-reactive ketones (excluding diaryl/α,β-unsaturated/α-hetero) is 1. The average molecular weight is 1310 g/mol. The van der Waals surface area contributed by atoms with Gasteiger partial charge in [-0.2, -0.15) is 0 Å². The van der Waals surface area contributed by atoms with E-state index in [0.717, 1.165) is 85.7 Å². The fourth-order valence-electron chi connectivity index (χ4n) is 12.5. The van der Waals surface area contributed by atoms with Crippen LogP contribution in [0, 0.1) is 0 Å². The van der Waals surface area contributed by atoms with Crippen LogP contribution < -0.4 is 22.1 Å². The molecule has 512 valence electrons. The highest BCUT2D eigenvalue weighted by Crippen LogP contribution is 2.38. The molecule has 0 bridgehead atoms. The summed E-state index contributed by atoms with van der Waals surface area (Å²) in [6.07, 6.45) is 29.1. The third-order valence-electron chi connectivity index (χ3n) is 17.9.